The molecular weight excluding hydrogens is 140 g/mol. The van der Waals surface area contributed by atoms with Gasteiger partial charge >= 0.3 is 0 Å². The summed E-state index contributed by atoms with van der Waals surface area (Å²) in [5.74, 6) is -0.211. The van der Waals surface area contributed by atoms with Gasteiger partial charge in [0.2, 0.25) is 5.91 Å². The smallest absolute Gasteiger partial charge is 0.224 e. The molecule has 0 aromatic heterocycles. The minimum atomic E-state index is -0.392. The molecule has 1 heterocycles. The molecule has 0 bridgehead atoms. The van der Waals surface area contributed by atoms with Crippen molar-refractivity contribution in [1.82, 2.24) is 5.32 Å². The Morgan fingerprint density at radius 1 is 1.64 bits per heavy atom. The molecule has 64 valence electrons. The van der Waals surface area contributed by atoms with E-state index >= 15 is 0 Å². The third kappa shape index (κ3) is 1.53. The summed E-state index contributed by atoms with van der Waals surface area (Å²) >= 11 is 0. The number of hydrogen-bond acceptors (Lipinski definition) is 2. The molecule has 1 aliphatic heterocycles. The van der Waals surface area contributed by atoms with Crippen LogP contribution in [0.25, 0.3) is 0 Å². The number of carbonyl (C=O) groups is 1. The average Bonchev–Trinajstić information content (AvgIpc) is 2.37. The maximum atomic E-state index is 11.0. The van der Waals surface area contributed by atoms with Crippen LogP contribution in [0.2, 0.25) is 0 Å². The first-order valence-electron chi connectivity index (χ1n) is 4.08. The second-order valence-electron chi connectivity index (χ2n) is 3.73. The lowest BCUT2D eigenvalue weighted by Crippen LogP contribution is -2.46. The molecule has 0 spiro atoms. The van der Waals surface area contributed by atoms with Crippen LogP contribution in [0.15, 0.2) is 0 Å². The standard InChI is InChI=1S/C8H16N2O/c1-8(2,7(9)11)6-4-3-5-10-6/h6,10H,3-5H2,1-2H3,(H2,9,11). The van der Waals surface area contributed by atoms with Crippen LogP contribution in [0, 0.1) is 5.41 Å². The molecule has 1 atom stereocenters. The maximum Gasteiger partial charge on any atom is 0.224 e. The van der Waals surface area contributed by atoms with Crippen LogP contribution in [-0.2, 0) is 4.79 Å². The van der Waals surface area contributed by atoms with Crippen molar-refractivity contribution in [3.63, 3.8) is 0 Å². The monoisotopic (exact) mass is 156 g/mol. The molecule has 0 aliphatic carbocycles. The van der Waals surface area contributed by atoms with E-state index in [0.29, 0.717) is 0 Å². The van der Waals surface area contributed by atoms with Gasteiger partial charge in [-0.1, -0.05) is 0 Å². The van der Waals surface area contributed by atoms with Gasteiger partial charge in [-0.15, -0.1) is 0 Å². The lowest BCUT2D eigenvalue weighted by Gasteiger charge is -2.27. The SMILES string of the molecule is CC(C)(C(N)=O)C1CCCN1. The summed E-state index contributed by atoms with van der Waals surface area (Å²) in [6, 6.07) is 0.278. The van der Waals surface area contributed by atoms with Gasteiger partial charge in [0, 0.05) is 6.04 Å². The highest BCUT2D eigenvalue weighted by Gasteiger charge is 2.36. The first kappa shape index (κ1) is 8.53. The zero-order chi connectivity index (χ0) is 8.48. The normalized spacial score (nSPS) is 25.5. The van der Waals surface area contributed by atoms with Crippen molar-refractivity contribution in [2.45, 2.75) is 32.7 Å². The highest BCUT2D eigenvalue weighted by molar-refractivity contribution is 5.80. The number of nitrogens with two attached hydrogens (primary N) is 1. The average molecular weight is 156 g/mol. The van der Waals surface area contributed by atoms with Gasteiger partial charge in [-0.2, -0.15) is 0 Å². The zero-order valence-electron chi connectivity index (χ0n) is 7.18. The van der Waals surface area contributed by atoms with Gasteiger partial charge in [-0.3, -0.25) is 4.79 Å². The van der Waals surface area contributed by atoms with Gasteiger partial charge in [0.15, 0.2) is 0 Å². The van der Waals surface area contributed by atoms with E-state index in [4.69, 9.17) is 5.73 Å². The fraction of sp³-hybridized carbons (Fsp3) is 0.875. The van der Waals surface area contributed by atoms with Gasteiger partial charge in [0.25, 0.3) is 0 Å². The van der Waals surface area contributed by atoms with Gasteiger partial charge in [0.1, 0.15) is 0 Å². The minimum Gasteiger partial charge on any atom is -0.369 e. The Bertz CT molecular complexity index is 159. The Kier molecular flexibility index (Phi) is 2.18. The minimum absolute atomic E-state index is 0.211. The third-order valence-electron chi connectivity index (χ3n) is 2.57. The van der Waals surface area contributed by atoms with E-state index in [1.165, 1.54) is 0 Å². The van der Waals surface area contributed by atoms with Crippen molar-refractivity contribution < 1.29 is 4.79 Å². The second kappa shape index (κ2) is 2.81. The van der Waals surface area contributed by atoms with Crippen LogP contribution in [-0.4, -0.2) is 18.5 Å². The molecule has 1 fully saturated rings. The number of nitrogens with one attached hydrogen (secondary N) is 1. The van der Waals surface area contributed by atoms with Crippen LogP contribution in [0.1, 0.15) is 26.7 Å². The summed E-state index contributed by atoms with van der Waals surface area (Å²) in [5, 5.41) is 3.28. The van der Waals surface area contributed by atoms with Crippen molar-refractivity contribution in [3.8, 4) is 0 Å². The Labute approximate surface area is 67.3 Å². The largest absolute Gasteiger partial charge is 0.369 e. The summed E-state index contributed by atoms with van der Waals surface area (Å²) in [4.78, 5) is 11.0. The molecule has 0 saturated carbocycles. The summed E-state index contributed by atoms with van der Waals surface area (Å²) < 4.78 is 0. The Balaban J connectivity index is 2.62. The summed E-state index contributed by atoms with van der Waals surface area (Å²) in [6.07, 6.45) is 2.22. The lowest BCUT2D eigenvalue weighted by molar-refractivity contribution is -0.127. The Morgan fingerprint density at radius 2 is 2.27 bits per heavy atom. The quantitative estimate of drug-likeness (QED) is 0.602. The topological polar surface area (TPSA) is 55.1 Å². The van der Waals surface area contributed by atoms with Gasteiger partial charge < -0.3 is 11.1 Å². The molecule has 1 unspecified atom stereocenters. The van der Waals surface area contributed by atoms with Gasteiger partial charge in [0.05, 0.1) is 5.41 Å². The molecule has 3 nitrogen and oxygen atoms in total. The molecule has 1 amide bonds. The van der Waals surface area contributed by atoms with Crippen molar-refractivity contribution in [1.29, 1.82) is 0 Å². The van der Waals surface area contributed by atoms with Crippen LogP contribution in [0.4, 0.5) is 0 Å². The van der Waals surface area contributed by atoms with Crippen LogP contribution < -0.4 is 11.1 Å². The molecule has 0 radical (unpaired) electrons. The molecular formula is C8H16N2O. The molecule has 11 heavy (non-hydrogen) atoms. The highest BCUT2D eigenvalue weighted by atomic mass is 16.1. The zero-order valence-corrected chi connectivity index (χ0v) is 7.18. The highest BCUT2D eigenvalue weighted by Crippen LogP contribution is 2.26. The first-order valence-corrected chi connectivity index (χ1v) is 4.08. The molecule has 0 aromatic rings. The first-order chi connectivity index (χ1) is 5.05. The van der Waals surface area contributed by atoms with Crippen LogP contribution >= 0.6 is 0 Å². The fourth-order valence-corrected chi connectivity index (χ4v) is 1.47. The van der Waals surface area contributed by atoms with Crippen LogP contribution in [0.3, 0.4) is 0 Å². The number of primary amides is 1. The van der Waals surface area contributed by atoms with Crippen molar-refractivity contribution in [2.24, 2.45) is 11.1 Å². The third-order valence-corrected chi connectivity index (χ3v) is 2.57. The molecule has 3 N–H and O–H groups in total. The maximum absolute atomic E-state index is 11.0. The Hall–Kier alpha value is -0.570. The molecule has 0 aromatic carbocycles. The number of amides is 1. The summed E-state index contributed by atoms with van der Waals surface area (Å²) in [7, 11) is 0. The van der Waals surface area contributed by atoms with Crippen molar-refractivity contribution in [3.05, 3.63) is 0 Å². The molecule has 3 heteroatoms. The predicted molar refractivity (Wildman–Crippen MR) is 44.0 cm³/mol. The van der Waals surface area contributed by atoms with E-state index in [-0.39, 0.29) is 11.9 Å². The second-order valence-corrected chi connectivity index (χ2v) is 3.73. The van der Waals surface area contributed by atoms with Gasteiger partial charge in [-0.05, 0) is 33.2 Å². The van der Waals surface area contributed by atoms with Crippen LogP contribution in [0.5, 0.6) is 0 Å². The molecule has 1 aliphatic rings. The number of carbonyl (C=O) groups excluding carboxylic acids is 1. The summed E-state index contributed by atoms with van der Waals surface area (Å²) in [5.41, 5.74) is 4.88. The predicted octanol–water partition coefficient (Wildman–Crippen LogP) is 0.250. The summed E-state index contributed by atoms with van der Waals surface area (Å²) in [6.45, 7) is 4.82. The van der Waals surface area contributed by atoms with E-state index in [1.807, 2.05) is 13.8 Å². The lowest BCUT2D eigenvalue weighted by atomic mass is 9.83. The van der Waals surface area contributed by atoms with E-state index < -0.39 is 5.41 Å². The van der Waals surface area contributed by atoms with Crippen molar-refractivity contribution in [2.75, 3.05) is 6.54 Å². The number of rotatable bonds is 2. The van der Waals surface area contributed by atoms with Gasteiger partial charge in [-0.25, -0.2) is 0 Å². The number of hydrogen-bond donors (Lipinski definition) is 2. The van der Waals surface area contributed by atoms with E-state index in [2.05, 4.69) is 5.32 Å². The Morgan fingerprint density at radius 3 is 2.64 bits per heavy atom. The molecule has 1 saturated heterocycles. The van der Waals surface area contributed by atoms with E-state index in [9.17, 15) is 4.79 Å². The molecule has 1 rings (SSSR count). The fourth-order valence-electron chi connectivity index (χ4n) is 1.47. The van der Waals surface area contributed by atoms with Crippen molar-refractivity contribution >= 4 is 5.91 Å². The van der Waals surface area contributed by atoms with E-state index in [1.54, 1.807) is 0 Å². The van der Waals surface area contributed by atoms with E-state index in [0.717, 1.165) is 19.4 Å².